The molecule has 0 spiro atoms. The molecule has 0 aliphatic rings. The first-order chi connectivity index (χ1) is 9.25. The van der Waals surface area contributed by atoms with Gasteiger partial charge in [0.15, 0.2) is 0 Å². The highest BCUT2D eigenvalue weighted by Crippen LogP contribution is 2.08. The Morgan fingerprint density at radius 1 is 1.16 bits per heavy atom. The molecule has 0 fully saturated rings. The molecule has 2 aromatic rings. The van der Waals surface area contributed by atoms with E-state index >= 15 is 0 Å². The number of hydrogen-bond donors (Lipinski definition) is 1. The fourth-order valence-electron chi connectivity index (χ4n) is 1.73. The van der Waals surface area contributed by atoms with E-state index in [1.165, 1.54) is 6.07 Å². The van der Waals surface area contributed by atoms with E-state index in [4.69, 9.17) is 0 Å². The summed E-state index contributed by atoms with van der Waals surface area (Å²) in [6.45, 7) is 0.400. The standard InChI is InChI=1S/C15H15FN2O/c16-14-7-2-1-5-12(14)8-9-15(19)18-11-13-6-3-4-10-17-13/h1-7,10H,8-9,11H2,(H,18,19). The normalized spacial score (nSPS) is 10.2. The fourth-order valence-corrected chi connectivity index (χ4v) is 1.73. The number of rotatable bonds is 5. The van der Waals surface area contributed by atoms with E-state index in [1.54, 1.807) is 24.4 Å². The Bertz CT molecular complexity index is 543. The monoisotopic (exact) mass is 258 g/mol. The Labute approximate surface area is 111 Å². The number of nitrogens with zero attached hydrogens (tertiary/aromatic N) is 1. The zero-order valence-corrected chi connectivity index (χ0v) is 10.5. The minimum Gasteiger partial charge on any atom is -0.350 e. The Hall–Kier alpha value is -2.23. The maximum atomic E-state index is 13.3. The van der Waals surface area contributed by atoms with E-state index in [9.17, 15) is 9.18 Å². The first-order valence-electron chi connectivity index (χ1n) is 6.16. The third-order valence-electron chi connectivity index (χ3n) is 2.77. The van der Waals surface area contributed by atoms with Crippen molar-refractivity contribution in [2.75, 3.05) is 0 Å². The van der Waals surface area contributed by atoms with Crippen LogP contribution in [0.4, 0.5) is 4.39 Å². The van der Waals surface area contributed by atoms with Crippen molar-refractivity contribution in [2.24, 2.45) is 0 Å². The number of hydrogen-bond acceptors (Lipinski definition) is 2. The number of carbonyl (C=O) groups is 1. The number of halogens is 1. The van der Waals surface area contributed by atoms with Crippen LogP contribution in [0.25, 0.3) is 0 Å². The summed E-state index contributed by atoms with van der Waals surface area (Å²) in [5, 5.41) is 2.76. The summed E-state index contributed by atoms with van der Waals surface area (Å²) in [4.78, 5) is 15.7. The molecule has 0 saturated heterocycles. The number of aromatic nitrogens is 1. The summed E-state index contributed by atoms with van der Waals surface area (Å²) in [6, 6.07) is 12.0. The molecule has 3 nitrogen and oxygen atoms in total. The summed E-state index contributed by atoms with van der Waals surface area (Å²) < 4.78 is 13.3. The van der Waals surface area contributed by atoms with E-state index < -0.39 is 0 Å². The van der Waals surface area contributed by atoms with Crippen LogP contribution in [0.3, 0.4) is 0 Å². The maximum absolute atomic E-state index is 13.3. The lowest BCUT2D eigenvalue weighted by atomic mass is 10.1. The Morgan fingerprint density at radius 2 is 1.95 bits per heavy atom. The van der Waals surface area contributed by atoms with Gasteiger partial charge in [-0.15, -0.1) is 0 Å². The predicted octanol–water partition coefficient (Wildman–Crippen LogP) is 2.47. The molecule has 1 aromatic carbocycles. The molecular weight excluding hydrogens is 243 g/mol. The van der Waals surface area contributed by atoms with E-state index in [2.05, 4.69) is 10.3 Å². The topological polar surface area (TPSA) is 42.0 Å². The van der Waals surface area contributed by atoms with Crippen LogP contribution in [0.15, 0.2) is 48.7 Å². The molecule has 1 aromatic heterocycles. The van der Waals surface area contributed by atoms with Crippen LogP contribution >= 0.6 is 0 Å². The van der Waals surface area contributed by atoms with Crippen molar-refractivity contribution >= 4 is 5.91 Å². The minimum absolute atomic E-state index is 0.103. The van der Waals surface area contributed by atoms with Gasteiger partial charge in [0.05, 0.1) is 12.2 Å². The molecule has 0 saturated carbocycles. The Balaban J connectivity index is 1.78. The van der Waals surface area contributed by atoms with Crippen molar-refractivity contribution in [3.63, 3.8) is 0 Å². The molecule has 0 unspecified atom stereocenters. The van der Waals surface area contributed by atoms with Crippen LogP contribution < -0.4 is 5.32 Å². The van der Waals surface area contributed by atoms with Gasteiger partial charge in [0, 0.05) is 12.6 Å². The molecule has 0 bridgehead atoms. The maximum Gasteiger partial charge on any atom is 0.220 e. The second-order valence-electron chi connectivity index (χ2n) is 4.19. The lowest BCUT2D eigenvalue weighted by molar-refractivity contribution is -0.121. The Morgan fingerprint density at radius 3 is 2.68 bits per heavy atom. The fraction of sp³-hybridized carbons (Fsp3) is 0.200. The predicted molar refractivity (Wildman–Crippen MR) is 70.8 cm³/mol. The van der Waals surface area contributed by atoms with Gasteiger partial charge < -0.3 is 5.32 Å². The molecule has 0 aliphatic heterocycles. The van der Waals surface area contributed by atoms with Gasteiger partial charge >= 0.3 is 0 Å². The zero-order valence-electron chi connectivity index (χ0n) is 10.5. The van der Waals surface area contributed by atoms with E-state index in [0.29, 0.717) is 18.5 Å². The molecule has 4 heteroatoms. The highest BCUT2D eigenvalue weighted by Gasteiger charge is 2.05. The minimum atomic E-state index is -0.264. The SMILES string of the molecule is O=C(CCc1ccccc1F)NCc1ccccn1. The zero-order chi connectivity index (χ0) is 13.5. The molecule has 0 radical (unpaired) electrons. The molecule has 1 amide bonds. The van der Waals surface area contributed by atoms with Gasteiger partial charge in [0.25, 0.3) is 0 Å². The summed E-state index contributed by atoms with van der Waals surface area (Å²) >= 11 is 0. The second kappa shape index (κ2) is 6.64. The molecule has 19 heavy (non-hydrogen) atoms. The van der Waals surface area contributed by atoms with Gasteiger partial charge in [-0.2, -0.15) is 0 Å². The molecule has 1 N–H and O–H groups in total. The van der Waals surface area contributed by atoms with Gasteiger partial charge in [-0.25, -0.2) is 4.39 Å². The van der Waals surface area contributed by atoms with Crippen molar-refractivity contribution in [3.05, 3.63) is 65.7 Å². The number of nitrogens with one attached hydrogen (secondary N) is 1. The number of aryl methyl sites for hydroxylation is 1. The third-order valence-corrected chi connectivity index (χ3v) is 2.77. The van der Waals surface area contributed by atoms with Crippen molar-refractivity contribution in [1.82, 2.24) is 10.3 Å². The van der Waals surface area contributed by atoms with Gasteiger partial charge in [-0.3, -0.25) is 9.78 Å². The van der Waals surface area contributed by atoms with E-state index in [0.717, 1.165) is 5.69 Å². The number of benzene rings is 1. The quantitative estimate of drug-likeness (QED) is 0.895. The summed E-state index contributed by atoms with van der Waals surface area (Å²) in [6.07, 6.45) is 2.36. The smallest absolute Gasteiger partial charge is 0.220 e. The van der Waals surface area contributed by atoms with Crippen molar-refractivity contribution in [2.45, 2.75) is 19.4 Å². The summed E-state index contributed by atoms with van der Waals surface area (Å²) in [5.74, 6) is -0.367. The number of carbonyl (C=O) groups excluding carboxylic acids is 1. The summed E-state index contributed by atoms with van der Waals surface area (Å²) in [7, 11) is 0. The van der Waals surface area contributed by atoms with E-state index in [-0.39, 0.29) is 18.1 Å². The molecule has 2 rings (SSSR count). The van der Waals surface area contributed by atoms with Crippen LogP contribution in [0.2, 0.25) is 0 Å². The van der Waals surface area contributed by atoms with Crippen molar-refractivity contribution in [1.29, 1.82) is 0 Å². The lowest BCUT2D eigenvalue weighted by Gasteiger charge is -2.05. The average Bonchev–Trinajstić information content (AvgIpc) is 2.45. The molecule has 0 atom stereocenters. The van der Waals surface area contributed by atoms with Crippen LogP contribution in [0, 0.1) is 5.82 Å². The van der Waals surface area contributed by atoms with Crippen molar-refractivity contribution in [3.8, 4) is 0 Å². The molecule has 98 valence electrons. The van der Waals surface area contributed by atoms with Gasteiger partial charge in [-0.1, -0.05) is 24.3 Å². The lowest BCUT2D eigenvalue weighted by Crippen LogP contribution is -2.23. The van der Waals surface area contributed by atoms with Crippen LogP contribution in [0.5, 0.6) is 0 Å². The number of pyridine rings is 1. The number of amides is 1. The molecule has 0 aliphatic carbocycles. The Kier molecular flexibility index (Phi) is 4.61. The average molecular weight is 258 g/mol. The van der Waals surface area contributed by atoms with Gasteiger partial charge in [-0.05, 0) is 30.2 Å². The van der Waals surface area contributed by atoms with Gasteiger partial charge in [0.2, 0.25) is 5.91 Å². The van der Waals surface area contributed by atoms with Crippen LogP contribution in [-0.4, -0.2) is 10.9 Å². The molecule has 1 heterocycles. The van der Waals surface area contributed by atoms with Crippen molar-refractivity contribution < 1.29 is 9.18 Å². The second-order valence-corrected chi connectivity index (χ2v) is 4.19. The van der Waals surface area contributed by atoms with Crippen LogP contribution in [0.1, 0.15) is 17.7 Å². The first-order valence-corrected chi connectivity index (χ1v) is 6.16. The highest BCUT2D eigenvalue weighted by molar-refractivity contribution is 5.76. The van der Waals surface area contributed by atoms with E-state index in [1.807, 2.05) is 18.2 Å². The largest absolute Gasteiger partial charge is 0.350 e. The van der Waals surface area contributed by atoms with Crippen LogP contribution in [-0.2, 0) is 17.8 Å². The highest BCUT2D eigenvalue weighted by atomic mass is 19.1. The third kappa shape index (κ3) is 4.17. The summed E-state index contributed by atoms with van der Waals surface area (Å²) in [5.41, 5.74) is 1.37. The molecular formula is C15H15FN2O. The first kappa shape index (κ1) is 13.2. The van der Waals surface area contributed by atoms with Gasteiger partial charge in [0.1, 0.15) is 5.82 Å².